The first-order valence-corrected chi connectivity index (χ1v) is 5.84. The highest BCUT2D eigenvalue weighted by molar-refractivity contribution is 5.92. The fraction of sp³-hybridized carbons (Fsp3) is 0.545. The van der Waals surface area contributed by atoms with Gasteiger partial charge in [0.2, 0.25) is 0 Å². The third kappa shape index (κ3) is 2.52. The summed E-state index contributed by atoms with van der Waals surface area (Å²) < 4.78 is 0. The van der Waals surface area contributed by atoms with Crippen LogP contribution in [0.5, 0.6) is 0 Å². The second kappa shape index (κ2) is 5.09. The Kier molecular flexibility index (Phi) is 3.53. The molecule has 1 saturated heterocycles. The van der Waals surface area contributed by atoms with E-state index in [1.54, 1.807) is 12.1 Å². The van der Waals surface area contributed by atoms with Gasteiger partial charge < -0.3 is 10.3 Å². The number of likely N-dealkylation sites (tertiary alicyclic amines) is 1. The molecular formula is C11H17N5O. The van der Waals surface area contributed by atoms with E-state index in [1.165, 1.54) is 0 Å². The van der Waals surface area contributed by atoms with E-state index in [-0.39, 0.29) is 5.91 Å². The molecule has 1 atom stereocenters. The van der Waals surface area contributed by atoms with Crippen molar-refractivity contribution in [3.8, 4) is 0 Å². The minimum Gasteiger partial charge on any atom is -0.337 e. The lowest BCUT2D eigenvalue weighted by molar-refractivity contribution is 0.0780. The largest absolute Gasteiger partial charge is 0.337 e. The first-order valence-electron chi connectivity index (χ1n) is 5.84. The van der Waals surface area contributed by atoms with Gasteiger partial charge in [-0.05, 0) is 24.5 Å². The van der Waals surface area contributed by atoms with E-state index in [0.717, 1.165) is 25.9 Å². The van der Waals surface area contributed by atoms with Crippen molar-refractivity contribution in [1.29, 1.82) is 0 Å². The molecule has 1 aromatic heterocycles. The minimum absolute atomic E-state index is 0.0444. The number of carbonyl (C=O) groups excluding carboxylic acids is 1. The predicted molar refractivity (Wildman–Crippen MR) is 64.1 cm³/mol. The molecule has 0 aliphatic carbocycles. The number of anilines is 1. The number of aromatic nitrogens is 2. The van der Waals surface area contributed by atoms with E-state index in [2.05, 4.69) is 22.5 Å². The lowest BCUT2D eigenvalue weighted by atomic mass is 10.1. The number of hydrazine groups is 1. The highest BCUT2D eigenvalue weighted by atomic mass is 16.2. The van der Waals surface area contributed by atoms with Gasteiger partial charge in [0.15, 0.2) is 11.5 Å². The zero-order valence-corrected chi connectivity index (χ0v) is 9.89. The summed E-state index contributed by atoms with van der Waals surface area (Å²) in [5.41, 5.74) is 2.76. The van der Waals surface area contributed by atoms with Gasteiger partial charge in [0.05, 0.1) is 0 Å². The van der Waals surface area contributed by atoms with Crippen molar-refractivity contribution in [3.05, 3.63) is 17.8 Å². The summed E-state index contributed by atoms with van der Waals surface area (Å²) >= 11 is 0. The van der Waals surface area contributed by atoms with Crippen molar-refractivity contribution in [1.82, 2.24) is 15.1 Å². The number of nitrogens with zero attached hydrogens (tertiary/aromatic N) is 3. The number of rotatable bonds is 3. The Morgan fingerprint density at radius 2 is 2.41 bits per heavy atom. The molecule has 6 nitrogen and oxygen atoms in total. The van der Waals surface area contributed by atoms with Gasteiger partial charge in [0, 0.05) is 13.1 Å². The molecule has 0 spiro atoms. The number of nitrogens with one attached hydrogen (secondary N) is 1. The monoisotopic (exact) mass is 235 g/mol. The zero-order chi connectivity index (χ0) is 12.3. The molecule has 1 unspecified atom stereocenters. The van der Waals surface area contributed by atoms with Crippen molar-refractivity contribution in [2.45, 2.75) is 19.8 Å². The molecule has 6 heteroatoms. The fourth-order valence-electron chi connectivity index (χ4n) is 2.04. The van der Waals surface area contributed by atoms with Crippen LogP contribution in [0, 0.1) is 5.92 Å². The maximum atomic E-state index is 12.1. The Morgan fingerprint density at radius 1 is 1.59 bits per heavy atom. The van der Waals surface area contributed by atoms with Gasteiger partial charge in [-0.1, -0.05) is 13.3 Å². The average molecular weight is 235 g/mol. The quantitative estimate of drug-likeness (QED) is 0.593. The molecule has 2 rings (SSSR count). The number of hydrogen-bond donors (Lipinski definition) is 2. The Morgan fingerprint density at radius 3 is 2.94 bits per heavy atom. The predicted octanol–water partition coefficient (Wildman–Crippen LogP) is 0.634. The van der Waals surface area contributed by atoms with Gasteiger partial charge in [0.25, 0.3) is 5.91 Å². The van der Waals surface area contributed by atoms with Crippen molar-refractivity contribution in [3.63, 3.8) is 0 Å². The van der Waals surface area contributed by atoms with Crippen molar-refractivity contribution in [2.24, 2.45) is 11.8 Å². The van der Waals surface area contributed by atoms with Crippen LogP contribution in [0.1, 0.15) is 30.3 Å². The molecule has 0 radical (unpaired) electrons. The van der Waals surface area contributed by atoms with E-state index >= 15 is 0 Å². The molecule has 2 heterocycles. The molecule has 1 aliphatic heterocycles. The molecule has 0 bridgehead atoms. The molecule has 1 fully saturated rings. The summed E-state index contributed by atoms with van der Waals surface area (Å²) in [5.74, 6) is 6.22. The molecule has 0 aromatic carbocycles. The molecule has 92 valence electrons. The van der Waals surface area contributed by atoms with Gasteiger partial charge in [0.1, 0.15) is 0 Å². The maximum Gasteiger partial charge on any atom is 0.274 e. The number of carbonyl (C=O) groups is 1. The standard InChI is InChI=1S/C11H17N5O/c1-2-8-5-6-16(7-8)11(17)9-3-4-10(13-12)15-14-9/h3-4,8H,2,5-7,12H2,1H3,(H,13,15). The van der Waals surface area contributed by atoms with Crippen LogP contribution in [-0.4, -0.2) is 34.1 Å². The minimum atomic E-state index is -0.0444. The van der Waals surface area contributed by atoms with E-state index < -0.39 is 0 Å². The highest BCUT2D eigenvalue weighted by Gasteiger charge is 2.26. The number of hydrogen-bond acceptors (Lipinski definition) is 5. The molecule has 0 saturated carbocycles. The van der Waals surface area contributed by atoms with Gasteiger partial charge in [-0.3, -0.25) is 4.79 Å². The maximum absolute atomic E-state index is 12.1. The molecular weight excluding hydrogens is 218 g/mol. The third-order valence-electron chi connectivity index (χ3n) is 3.18. The van der Waals surface area contributed by atoms with E-state index in [0.29, 0.717) is 17.4 Å². The Bertz CT molecular complexity index is 391. The molecule has 1 amide bonds. The normalized spacial score (nSPS) is 19.4. The van der Waals surface area contributed by atoms with Crippen LogP contribution in [0.4, 0.5) is 5.82 Å². The molecule has 17 heavy (non-hydrogen) atoms. The summed E-state index contributed by atoms with van der Waals surface area (Å²) in [6.45, 7) is 3.80. The fourth-order valence-corrected chi connectivity index (χ4v) is 2.04. The van der Waals surface area contributed by atoms with E-state index in [9.17, 15) is 4.79 Å². The summed E-state index contributed by atoms with van der Waals surface area (Å²) in [6.07, 6.45) is 2.20. The summed E-state index contributed by atoms with van der Waals surface area (Å²) in [7, 11) is 0. The van der Waals surface area contributed by atoms with Gasteiger partial charge in [-0.2, -0.15) is 0 Å². The van der Waals surface area contributed by atoms with E-state index in [1.807, 2.05) is 4.90 Å². The smallest absolute Gasteiger partial charge is 0.274 e. The second-order valence-corrected chi connectivity index (χ2v) is 4.26. The van der Waals surface area contributed by atoms with Crippen LogP contribution < -0.4 is 11.3 Å². The Hall–Kier alpha value is -1.69. The SMILES string of the molecule is CCC1CCN(C(=O)c2ccc(NN)nn2)C1. The van der Waals surface area contributed by atoms with Crippen LogP contribution >= 0.6 is 0 Å². The average Bonchev–Trinajstić information content (AvgIpc) is 2.87. The first kappa shape index (κ1) is 11.8. The molecule has 1 aliphatic rings. The summed E-state index contributed by atoms with van der Waals surface area (Å²) in [5, 5.41) is 7.66. The summed E-state index contributed by atoms with van der Waals surface area (Å²) in [6, 6.07) is 3.29. The van der Waals surface area contributed by atoms with Gasteiger partial charge >= 0.3 is 0 Å². The van der Waals surface area contributed by atoms with Crippen LogP contribution in [0.25, 0.3) is 0 Å². The van der Waals surface area contributed by atoms with Crippen molar-refractivity contribution in [2.75, 3.05) is 18.5 Å². The van der Waals surface area contributed by atoms with Crippen LogP contribution in [0.15, 0.2) is 12.1 Å². The second-order valence-electron chi connectivity index (χ2n) is 4.26. The lowest BCUT2D eigenvalue weighted by Gasteiger charge is -2.15. The van der Waals surface area contributed by atoms with Gasteiger partial charge in [-0.15, -0.1) is 10.2 Å². The first-order chi connectivity index (χ1) is 8.24. The van der Waals surface area contributed by atoms with Crippen molar-refractivity contribution >= 4 is 11.7 Å². The number of nitrogen functional groups attached to an aromatic ring is 1. The van der Waals surface area contributed by atoms with Crippen LogP contribution in [0.3, 0.4) is 0 Å². The molecule has 1 aromatic rings. The Balaban J connectivity index is 2.04. The highest BCUT2D eigenvalue weighted by Crippen LogP contribution is 2.20. The van der Waals surface area contributed by atoms with Crippen LogP contribution in [0.2, 0.25) is 0 Å². The summed E-state index contributed by atoms with van der Waals surface area (Å²) in [4.78, 5) is 13.9. The Labute approximate surface area is 100 Å². The van der Waals surface area contributed by atoms with E-state index in [4.69, 9.17) is 5.84 Å². The van der Waals surface area contributed by atoms with Gasteiger partial charge in [-0.25, -0.2) is 5.84 Å². The van der Waals surface area contributed by atoms with Crippen LogP contribution in [-0.2, 0) is 0 Å². The number of amides is 1. The zero-order valence-electron chi connectivity index (χ0n) is 9.89. The van der Waals surface area contributed by atoms with Crippen molar-refractivity contribution < 1.29 is 4.79 Å². The number of nitrogens with two attached hydrogens (primary N) is 1. The molecule has 3 N–H and O–H groups in total. The topological polar surface area (TPSA) is 84.1 Å². The third-order valence-corrected chi connectivity index (χ3v) is 3.18. The lowest BCUT2D eigenvalue weighted by Crippen LogP contribution is -2.29.